The molecule has 32 heavy (non-hydrogen) atoms. The minimum Gasteiger partial charge on any atom is -0.361 e. The highest BCUT2D eigenvalue weighted by atomic mass is 32.2. The predicted molar refractivity (Wildman–Crippen MR) is 123 cm³/mol. The smallest absolute Gasteiger partial charge is 0.243 e. The number of para-hydroxylation sites is 1. The van der Waals surface area contributed by atoms with Gasteiger partial charge in [0.1, 0.15) is 6.04 Å². The maximum atomic E-state index is 13.0. The number of nitrogens with one attached hydrogen (secondary N) is 3. The van der Waals surface area contributed by atoms with Crippen molar-refractivity contribution in [3.63, 3.8) is 0 Å². The van der Waals surface area contributed by atoms with Gasteiger partial charge in [-0.3, -0.25) is 9.59 Å². The van der Waals surface area contributed by atoms with Crippen LogP contribution >= 0.6 is 0 Å². The summed E-state index contributed by atoms with van der Waals surface area (Å²) in [6.07, 6.45) is 2.18. The van der Waals surface area contributed by atoms with Crippen LogP contribution in [0.15, 0.2) is 59.6 Å². The fraction of sp³-hybridized carbons (Fsp3) is 0.304. The molecule has 2 amide bonds. The zero-order valence-corrected chi connectivity index (χ0v) is 19.4. The SMILES string of the molecule is CC(=O)NC(Cc1c[nH]c2ccccc12)C(=O)NC(C)c1ccc(S(=O)(=O)N(C)C)cc1. The minimum absolute atomic E-state index is 0.181. The van der Waals surface area contributed by atoms with Gasteiger partial charge in [0, 0.05) is 44.5 Å². The van der Waals surface area contributed by atoms with Crippen LogP contribution in [-0.2, 0) is 26.0 Å². The number of aromatic nitrogens is 1. The number of H-pyrrole nitrogens is 1. The summed E-state index contributed by atoms with van der Waals surface area (Å²) in [7, 11) is -0.573. The van der Waals surface area contributed by atoms with E-state index in [2.05, 4.69) is 15.6 Å². The van der Waals surface area contributed by atoms with Gasteiger partial charge in [0.25, 0.3) is 0 Å². The number of hydrogen-bond acceptors (Lipinski definition) is 4. The van der Waals surface area contributed by atoms with Crippen LogP contribution in [0.2, 0.25) is 0 Å². The summed E-state index contributed by atoms with van der Waals surface area (Å²) >= 11 is 0. The average molecular weight is 457 g/mol. The highest BCUT2D eigenvalue weighted by Gasteiger charge is 2.24. The molecule has 3 rings (SSSR count). The van der Waals surface area contributed by atoms with Gasteiger partial charge in [-0.2, -0.15) is 0 Å². The van der Waals surface area contributed by atoms with E-state index in [0.717, 1.165) is 26.3 Å². The number of amides is 2. The van der Waals surface area contributed by atoms with Gasteiger partial charge in [-0.05, 0) is 36.2 Å². The van der Waals surface area contributed by atoms with Crippen LogP contribution < -0.4 is 10.6 Å². The number of benzene rings is 2. The average Bonchev–Trinajstić information content (AvgIpc) is 3.15. The zero-order chi connectivity index (χ0) is 23.5. The van der Waals surface area contributed by atoms with Crippen LogP contribution in [0.1, 0.15) is 31.0 Å². The van der Waals surface area contributed by atoms with Gasteiger partial charge >= 0.3 is 0 Å². The summed E-state index contributed by atoms with van der Waals surface area (Å²) < 4.78 is 25.6. The Balaban J connectivity index is 1.75. The van der Waals surface area contributed by atoms with Gasteiger partial charge in [0.15, 0.2) is 0 Å². The first kappa shape index (κ1) is 23.5. The second-order valence-electron chi connectivity index (χ2n) is 7.90. The molecule has 170 valence electrons. The number of fused-ring (bicyclic) bond motifs is 1. The topological polar surface area (TPSA) is 111 Å². The lowest BCUT2D eigenvalue weighted by Crippen LogP contribution is -2.47. The van der Waals surface area contributed by atoms with Crippen LogP contribution in [0, 0.1) is 0 Å². The van der Waals surface area contributed by atoms with E-state index in [1.54, 1.807) is 12.1 Å². The van der Waals surface area contributed by atoms with E-state index in [0.29, 0.717) is 6.42 Å². The van der Waals surface area contributed by atoms with E-state index >= 15 is 0 Å². The number of sulfonamides is 1. The summed E-state index contributed by atoms with van der Waals surface area (Å²) in [6.45, 7) is 3.19. The summed E-state index contributed by atoms with van der Waals surface area (Å²) in [4.78, 5) is 28.1. The molecular formula is C23H28N4O4S. The third-order valence-corrected chi connectivity index (χ3v) is 7.14. The number of carbonyl (C=O) groups is 2. The quantitative estimate of drug-likeness (QED) is 0.483. The number of carbonyl (C=O) groups excluding carboxylic acids is 2. The summed E-state index contributed by atoms with van der Waals surface area (Å²) in [6, 6.07) is 13.0. The number of rotatable bonds is 8. The first-order chi connectivity index (χ1) is 15.1. The molecule has 9 heteroatoms. The van der Waals surface area contributed by atoms with Crippen molar-refractivity contribution in [3.05, 3.63) is 65.9 Å². The van der Waals surface area contributed by atoms with Crippen molar-refractivity contribution in [1.82, 2.24) is 19.9 Å². The summed E-state index contributed by atoms with van der Waals surface area (Å²) in [5, 5.41) is 6.65. The molecule has 8 nitrogen and oxygen atoms in total. The molecule has 2 unspecified atom stereocenters. The molecule has 0 saturated carbocycles. The van der Waals surface area contributed by atoms with Gasteiger partial charge in [-0.1, -0.05) is 30.3 Å². The van der Waals surface area contributed by atoms with Gasteiger partial charge in [0.2, 0.25) is 21.8 Å². The Hall–Kier alpha value is -3.17. The van der Waals surface area contributed by atoms with Crippen molar-refractivity contribution in [2.75, 3.05) is 14.1 Å². The number of hydrogen-bond donors (Lipinski definition) is 3. The molecule has 0 saturated heterocycles. The first-order valence-electron chi connectivity index (χ1n) is 10.2. The molecular weight excluding hydrogens is 428 g/mol. The van der Waals surface area contributed by atoms with E-state index in [1.165, 1.54) is 33.2 Å². The molecule has 0 radical (unpaired) electrons. The standard InChI is InChI=1S/C23H28N4O4S/c1-15(17-9-11-19(12-10-17)32(30,31)27(3)4)25-23(29)22(26-16(2)28)13-18-14-24-21-8-6-5-7-20(18)21/h5-12,14-15,22,24H,13H2,1-4H3,(H,25,29)(H,26,28). The Morgan fingerprint density at radius 2 is 1.69 bits per heavy atom. The minimum atomic E-state index is -3.52. The third kappa shape index (κ3) is 5.17. The Morgan fingerprint density at radius 3 is 2.31 bits per heavy atom. The lowest BCUT2D eigenvalue weighted by molar-refractivity contribution is -0.128. The predicted octanol–water partition coefficient (Wildman–Crippen LogP) is 2.34. The second-order valence-corrected chi connectivity index (χ2v) is 10.1. The summed E-state index contributed by atoms with van der Waals surface area (Å²) in [5.41, 5.74) is 2.65. The van der Waals surface area contributed by atoms with Crippen LogP contribution in [0.25, 0.3) is 10.9 Å². The van der Waals surface area contributed by atoms with Gasteiger partial charge in [0.05, 0.1) is 10.9 Å². The van der Waals surface area contributed by atoms with Crippen molar-refractivity contribution < 1.29 is 18.0 Å². The van der Waals surface area contributed by atoms with Crippen molar-refractivity contribution in [2.45, 2.75) is 37.2 Å². The molecule has 0 bridgehead atoms. The fourth-order valence-electron chi connectivity index (χ4n) is 3.51. The molecule has 1 aromatic heterocycles. The van der Waals surface area contributed by atoms with Crippen molar-refractivity contribution in [3.8, 4) is 0 Å². The third-order valence-electron chi connectivity index (χ3n) is 5.31. The Labute approximate surface area is 188 Å². The van der Waals surface area contributed by atoms with Crippen LogP contribution in [0.3, 0.4) is 0 Å². The monoisotopic (exact) mass is 456 g/mol. The largest absolute Gasteiger partial charge is 0.361 e. The molecule has 0 spiro atoms. The number of aromatic amines is 1. The zero-order valence-electron chi connectivity index (χ0n) is 18.5. The Bertz CT molecular complexity index is 1220. The Morgan fingerprint density at radius 1 is 1.03 bits per heavy atom. The molecule has 0 aliphatic heterocycles. The Kier molecular flexibility index (Phi) is 7.00. The normalized spacial score (nSPS) is 13.7. The lowest BCUT2D eigenvalue weighted by atomic mass is 10.0. The van der Waals surface area contributed by atoms with Crippen molar-refractivity contribution in [2.24, 2.45) is 0 Å². The summed E-state index contributed by atoms with van der Waals surface area (Å²) in [5.74, 6) is -0.612. The number of nitrogens with zero attached hydrogens (tertiary/aromatic N) is 1. The molecule has 3 aromatic rings. The van der Waals surface area contributed by atoms with E-state index in [4.69, 9.17) is 0 Å². The van der Waals surface area contributed by atoms with Gasteiger partial charge in [-0.15, -0.1) is 0 Å². The van der Waals surface area contributed by atoms with Crippen LogP contribution in [0.4, 0.5) is 0 Å². The molecule has 0 fully saturated rings. The maximum Gasteiger partial charge on any atom is 0.243 e. The van der Waals surface area contributed by atoms with E-state index in [-0.39, 0.29) is 22.8 Å². The van der Waals surface area contributed by atoms with Crippen LogP contribution in [0.5, 0.6) is 0 Å². The van der Waals surface area contributed by atoms with E-state index in [9.17, 15) is 18.0 Å². The highest BCUT2D eigenvalue weighted by molar-refractivity contribution is 7.89. The van der Waals surface area contributed by atoms with E-state index < -0.39 is 16.1 Å². The maximum absolute atomic E-state index is 13.0. The van der Waals surface area contributed by atoms with Gasteiger partial charge < -0.3 is 15.6 Å². The molecule has 3 N–H and O–H groups in total. The van der Waals surface area contributed by atoms with Crippen LogP contribution in [-0.4, -0.2) is 49.7 Å². The molecule has 1 heterocycles. The molecule has 2 atom stereocenters. The van der Waals surface area contributed by atoms with Gasteiger partial charge in [-0.25, -0.2) is 12.7 Å². The lowest BCUT2D eigenvalue weighted by Gasteiger charge is -2.21. The molecule has 2 aromatic carbocycles. The van der Waals surface area contributed by atoms with Crippen molar-refractivity contribution >= 4 is 32.7 Å². The first-order valence-corrected chi connectivity index (χ1v) is 11.7. The molecule has 0 aliphatic rings. The van der Waals surface area contributed by atoms with Crippen molar-refractivity contribution in [1.29, 1.82) is 0 Å². The second kappa shape index (κ2) is 9.54. The molecule has 0 aliphatic carbocycles. The van der Waals surface area contributed by atoms with E-state index in [1.807, 2.05) is 37.4 Å². The fourth-order valence-corrected chi connectivity index (χ4v) is 4.41. The highest BCUT2D eigenvalue weighted by Crippen LogP contribution is 2.21.